The minimum Gasteiger partial charge on any atom is -0.385 e. The van der Waals surface area contributed by atoms with Crippen molar-refractivity contribution in [2.45, 2.75) is 32.0 Å². The number of allylic oxidation sites excluding steroid dienone is 2. The van der Waals surface area contributed by atoms with E-state index in [-0.39, 0.29) is 12.0 Å². The van der Waals surface area contributed by atoms with Gasteiger partial charge in [-0.15, -0.1) is 0 Å². The SMILES string of the molecule is CC(=O)C1=CC(C(F)(F)F)=CCC1(C)O. The first-order valence-electron chi connectivity index (χ1n) is 4.37. The van der Waals surface area contributed by atoms with E-state index in [0.29, 0.717) is 6.08 Å². The molecule has 0 radical (unpaired) electrons. The van der Waals surface area contributed by atoms with Gasteiger partial charge in [0, 0.05) is 5.57 Å². The Bertz CT molecular complexity index is 348. The molecule has 0 aromatic carbocycles. The van der Waals surface area contributed by atoms with Crippen molar-refractivity contribution >= 4 is 5.78 Å². The summed E-state index contributed by atoms with van der Waals surface area (Å²) in [6.45, 7) is 2.46. The molecule has 0 amide bonds. The van der Waals surface area contributed by atoms with E-state index in [1.54, 1.807) is 0 Å². The van der Waals surface area contributed by atoms with Crippen molar-refractivity contribution in [3.8, 4) is 0 Å². The highest BCUT2D eigenvalue weighted by molar-refractivity contribution is 5.96. The Balaban J connectivity index is 3.13. The van der Waals surface area contributed by atoms with E-state index in [1.165, 1.54) is 6.92 Å². The van der Waals surface area contributed by atoms with Crippen LogP contribution in [0.2, 0.25) is 0 Å². The maximum absolute atomic E-state index is 12.3. The summed E-state index contributed by atoms with van der Waals surface area (Å²) in [4.78, 5) is 11.1. The van der Waals surface area contributed by atoms with Gasteiger partial charge in [0.25, 0.3) is 0 Å². The number of carbonyl (C=O) groups is 1. The third-order valence-corrected chi connectivity index (χ3v) is 2.31. The summed E-state index contributed by atoms with van der Waals surface area (Å²) in [5, 5.41) is 9.69. The maximum Gasteiger partial charge on any atom is 0.416 e. The van der Waals surface area contributed by atoms with Gasteiger partial charge in [-0.3, -0.25) is 4.79 Å². The summed E-state index contributed by atoms with van der Waals surface area (Å²) in [6.07, 6.45) is -3.07. The van der Waals surface area contributed by atoms with Gasteiger partial charge < -0.3 is 5.11 Å². The second-order valence-corrected chi connectivity index (χ2v) is 3.75. The number of ketones is 1. The fourth-order valence-corrected chi connectivity index (χ4v) is 1.47. The molecule has 1 N–H and O–H groups in total. The monoisotopic (exact) mass is 220 g/mol. The predicted molar refractivity (Wildman–Crippen MR) is 48.1 cm³/mol. The van der Waals surface area contributed by atoms with Crippen LogP contribution in [0.3, 0.4) is 0 Å². The van der Waals surface area contributed by atoms with Crippen LogP contribution >= 0.6 is 0 Å². The maximum atomic E-state index is 12.3. The Kier molecular flexibility index (Phi) is 2.78. The van der Waals surface area contributed by atoms with Crippen LogP contribution in [0.1, 0.15) is 20.3 Å². The Hall–Kier alpha value is -1.10. The largest absolute Gasteiger partial charge is 0.416 e. The van der Waals surface area contributed by atoms with Crippen LogP contribution in [0.4, 0.5) is 13.2 Å². The fourth-order valence-electron chi connectivity index (χ4n) is 1.47. The molecule has 2 nitrogen and oxygen atoms in total. The molecular weight excluding hydrogens is 209 g/mol. The molecule has 0 spiro atoms. The lowest BCUT2D eigenvalue weighted by molar-refractivity contribution is -0.115. The number of halogens is 3. The molecule has 0 fully saturated rings. The van der Waals surface area contributed by atoms with E-state index in [2.05, 4.69) is 0 Å². The molecule has 1 aliphatic rings. The minimum absolute atomic E-state index is 0.197. The lowest BCUT2D eigenvalue weighted by Crippen LogP contribution is -2.33. The number of rotatable bonds is 1. The summed E-state index contributed by atoms with van der Waals surface area (Å²) in [7, 11) is 0. The van der Waals surface area contributed by atoms with E-state index in [9.17, 15) is 23.1 Å². The van der Waals surface area contributed by atoms with Gasteiger partial charge in [-0.2, -0.15) is 13.2 Å². The summed E-state index contributed by atoms with van der Waals surface area (Å²) < 4.78 is 37.0. The highest BCUT2D eigenvalue weighted by atomic mass is 19.4. The molecule has 1 rings (SSSR count). The number of Topliss-reactive ketones (excluding diaryl/α,β-unsaturated/α-hetero) is 1. The second kappa shape index (κ2) is 3.48. The number of hydrogen-bond donors (Lipinski definition) is 1. The molecule has 0 bridgehead atoms. The van der Waals surface area contributed by atoms with Crippen LogP contribution in [0.5, 0.6) is 0 Å². The normalized spacial score (nSPS) is 27.1. The summed E-state index contributed by atoms with van der Waals surface area (Å²) in [6, 6.07) is 0. The topological polar surface area (TPSA) is 37.3 Å². The van der Waals surface area contributed by atoms with Crippen LogP contribution in [0, 0.1) is 0 Å². The Morgan fingerprint density at radius 3 is 2.47 bits per heavy atom. The Morgan fingerprint density at radius 2 is 2.07 bits per heavy atom. The van der Waals surface area contributed by atoms with Crippen molar-refractivity contribution in [1.82, 2.24) is 0 Å². The fraction of sp³-hybridized carbons (Fsp3) is 0.500. The third-order valence-electron chi connectivity index (χ3n) is 2.31. The minimum atomic E-state index is -4.47. The molecule has 0 saturated heterocycles. The van der Waals surface area contributed by atoms with Crippen LogP contribution in [0.15, 0.2) is 23.3 Å². The van der Waals surface area contributed by atoms with E-state index in [4.69, 9.17) is 0 Å². The summed E-state index contributed by atoms with van der Waals surface area (Å²) >= 11 is 0. The van der Waals surface area contributed by atoms with Gasteiger partial charge in [0.15, 0.2) is 5.78 Å². The van der Waals surface area contributed by atoms with Crippen LogP contribution in [-0.2, 0) is 4.79 Å². The van der Waals surface area contributed by atoms with E-state index >= 15 is 0 Å². The lowest BCUT2D eigenvalue weighted by atomic mass is 9.83. The van der Waals surface area contributed by atoms with Crippen molar-refractivity contribution < 1.29 is 23.1 Å². The Labute approximate surface area is 85.1 Å². The number of hydrogen-bond acceptors (Lipinski definition) is 2. The average Bonchev–Trinajstić information content (AvgIpc) is 2.00. The van der Waals surface area contributed by atoms with Crippen LogP contribution in [-0.4, -0.2) is 22.7 Å². The molecule has 1 unspecified atom stereocenters. The average molecular weight is 220 g/mol. The number of aliphatic hydroxyl groups is 1. The summed E-state index contributed by atoms with van der Waals surface area (Å²) in [5.41, 5.74) is -2.57. The third kappa shape index (κ3) is 2.47. The molecule has 1 atom stereocenters. The lowest BCUT2D eigenvalue weighted by Gasteiger charge is -2.28. The van der Waals surface area contributed by atoms with Gasteiger partial charge in [-0.1, -0.05) is 6.08 Å². The zero-order valence-corrected chi connectivity index (χ0v) is 8.35. The van der Waals surface area contributed by atoms with Gasteiger partial charge in [0.1, 0.15) is 0 Å². The van der Waals surface area contributed by atoms with E-state index < -0.39 is 23.1 Å². The summed E-state index contributed by atoms with van der Waals surface area (Å²) in [5.74, 6) is -0.546. The second-order valence-electron chi connectivity index (χ2n) is 3.75. The quantitative estimate of drug-likeness (QED) is 0.735. The number of carbonyl (C=O) groups excluding carboxylic acids is 1. The van der Waals surface area contributed by atoms with Crippen LogP contribution in [0.25, 0.3) is 0 Å². The molecule has 0 aromatic rings. The zero-order chi connectivity index (χ0) is 11.9. The van der Waals surface area contributed by atoms with Crippen molar-refractivity contribution in [1.29, 1.82) is 0 Å². The van der Waals surface area contributed by atoms with Crippen molar-refractivity contribution in [2.75, 3.05) is 0 Å². The van der Waals surface area contributed by atoms with Crippen molar-refractivity contribution in [3.05, 3.63) is 23.3 Å². The van der Waals surface area contributed by atoms with Crippen LogP contribution < -0.4 is 0 Å². The highest BCUT2D eigenvalue weighted by Gasteiger charge is 2.39. The molecule has 5 heteroatoms. The zero-order valence-electron chi connectivity index (χ0n) is 8.35. The van der Waals surface area contributed by atoms with Crippen molar-refractivity contribution in [3.63, 3.8) is 0 Å². The molecule has 0 aromatic heterocycles. The van der Waals surface area contributed by atoms with Gasteiger partial charge in [-0.25, -0.2) is 0 Å². The van der Waals surface area contributed by atoms with E-state index in [1.807, 2.05) is 0 Å². The first-order chi connectivity index (χ1) is 6.64. The molecule has 0 heterocycles. The Morgan fingerprint density at radius 1 is 1.53 bits per heavy atom. The first kappa shape index (κ1) is 12.0. The highest BCUT2D eigenvalue weighted by Crippen LogP contribution is 2.35. The van der Waals surface area contributed by atoms with E-state index in [0.717, 1.165) is 13.0 Å². The molecule has 0 saturated carbocycles. The first-order valence-corrected chi connectivity index (χ1v) is 4.37. The van der Waals surface area contributed by atoms with Gasteiger partial charge in [-0.05, 0) is 26.3 Å². The molecule has 0 aliphatic heterocycles. The molecule has 15 heavy (non-hydrogen) atoms. The predicted octanol–water partition coefficient (Wildman–Crippen LogP) is 2.15. The van der Waals surface area contributed by atoms with Gasteiger partial charge in [0.05, 0.1) is 11.2 Å². The van der Waals surface area contributed by atoms with Gasteiger partial charge >= 0.3 is 6.18 Å². The smallest absolute Gasteiger partial charge is 0.385 e. The molecule has 84 valence electrons. The van der Waals surface area contributed by atoms with Crippen molar-refractivity contribution in [2.24, 2.45) is 0 Å². The molecular formula is C10H11F3O2. The van der Waals surface area contributed by atoms with Gasteiger partial charge in [0.2, 0.25) is 0 Å². The standard InChI is InChI=1S/C10H11F3O2/c1-6(14)8-5-7(10(11,12)13)3-4-9(8,2)15/h3,5,15H,4H2,1-2H3. The molecule has 1 aliphatic carbocycles. The number of alkyl halides is 3.